The summed E-state index contributed by atoms with van der Waals surface area (Å²) in [7, 11) is 0. The number of carbonyl (C=O) groups is 2. The molecule has 0 heterocycles. The molecule has 1 amide bonds. The summed E-state index contributed by atoms with van der Waals surface area (Å²) >= 11 is 1.21. The first-order valence-electron chi connectivity index (χ1n) is 6.48. The van der Waals surface area contributed by atoms with Crippen LogP contribution in [0.25, 0.3) is 0 Å². The molecule has 1 rings (SSSR count). The SMILES string of the molecule is CCCc1ccc(NC(=O)CSC[C@@H](N)C(=O)O)cc1. The zero-order valence-electron chi connectivity index (χ0n) is 11.5. The third-order valence-electron chi connectivity index (χ3n) is 2.62. The smallest absolute Gasteiger partial charge is 0.321 e. The number of aliphatic carboxylic acids is 1. The van der Waals surface area contributed by atoms with Crippen LogP contribution in [0.3, 0.4) is 0 Å². The van der Waals surface area contributed by atoms with Gasteiger partial charge in [0.25, 0.3) is 0 Å². The van der Waals surface area contributed by atoms with Crippen LogP contribution < -0.4 is 11.1 Å². The second-order valence-corrected chi connectivity index (χ2v) is 5.49. The molecule has 110 valence electrons. The fourth-order valence-corrected chi connectivity index (χ4v) is 2.36. The molecule has 0 radical (unpaired) electrons. The molecule has 6 heteroatoms. The van der Waals surface area contributed by atoms with Crippen LogP contribution in [0.15, 0.2) is 24.3 Å². The standard InChI is InChI=1S/C14H20N2O3S/c1-2-3-10-4-6-11(7-5-10)16-13(17)9-20-8-12(15)14(18)19/h4-7,12H,2-3,8-9,15H2,1H3,(H,16,17)(H,18,19)/t12-/m1/s1. The molecule has 0 saturated heterocycles. The van der Waals surface area contributed by atoms with Gasteiger partial charge < -0.3 is 16.2 Å². The Bertz CT molecular complexity index is 448. The van der Waals surface area contributed by atoms with Crippen LogP contribution in [0.4, 0.5) is 5.69 Å². The molecule has 20 heavy (non-hydrogen) atoms. The van der Waals surface area contributed by atoms with E-state index in [1.807, 2.05) is 24.3 Å². The van der Waals surface area contributed by atoms with E-state index in [0.717, 1.165) is 18.5 Å². The van der Waals surface area contributed by atoms with E-state index in [9.17, 15) is 9.59 Å². The first-order chi connectivity index (χ1) is 9.52. The summed E-state index contributed by atoms with van der Waals surface area (Å²) in [5, 5.41) is 11.4. The molecular formula is C14H20N2O3S. The zero-order chi connectivity index (χ0) is 15.0. The normalized spacial score (nSPS) is 11.9. The van der Waals surface area contributed by atoms with Crippen LogP contribution in [0.1, 0.15) is 18.9 Å². The van der Waals surface area contributed by atoms with Gasteiger partial charge in [0.05, 0.1) is 5.75 Å². The lowest BCUT2D eigenvalue weighted by Gasteiger charge is -2.08. The highest BCUT2D eigenvalue weighted by Crippen LogP contribution is 2.12. The Morgan fingerprint density at radius 2 is 2.00 bits per heavy atom. The Hall–Kier alpha value is -1.53. The van der Waals surface area contributed by atoms with Gasteiger partial charge in [-0.2, -0.15) is 0 Å². The summed E-state index contributed by atoms with van der Waals surface area (Å²) in [5.74, 6) is -0.796. The van der Waals surface area contributed by atoms with Crippen molar-refractivity contribution in [1.29, 1.82) is 0 Å². The number of thioether (sulfide) groups is 1. The van der Waals surface area contributed by atoms with E-state index in [2.05, 4.69) is 12.2 Å². The van der Waals surface area contributed by atoms with E-state index in [4.69, 9.17) is 10.8 Å². The van der Waals surface area contributed by atoms with Crippen molar-refractivity contribution >= 4 is 29.3 Å². The van der Waals surface area contributed by atoms with Crippen molar-refractivity contribution in [2.24, 2.45) is 5.73 Å². The Kier molecular flexibility index (Phi) is 7.11. The molecule has 0 aromatic heterocycles. The summed E-state index contributed by atoms with van der Waals surface area (Å²) in [6.45, 7) is 2.12. The number of aryl methyl sites for hydroxylation is 1. The summed E-state index contributed by atoms with van der Waals surface area (Å²) in [6.07, 6.45) is 2.11. The number of nitrogens with one attached hydrogen (secondary N) is 1. The Balaban J connectivity index is 2.33. The molecule has 0 aliphatic rings. The fourth-order valence-electron chi connectivity index (χ4n) is 1.59. The number of carboxylic acids is 1. The number of hydrogen-bond acceptors (Lipinski definition) is 4. The number of anilines is 1. The number of amides is 1. The molecule has 5 nitrogen and oxygen atoms in total. The number of carbonyl (C=O) groups excluding carboxylic acids is 1. The van der Waals surface area contributed by atoms with E-state index in [1.54, 1.807) is 0 Å². The van der Waals surface area contributed by atoms with E-state index < -0.39 is 12.0 Å². The van der Waals surface area contributed by atoms with Gasteiger partial charge in [0.15, 0.2) is 0 Å². The van der Waals surface area contributed by atoms with Crippen LogP contribution in [0.2, 0.25) is 0 Å². The van der Waals surface area contributed by atoms with Crippen LogP contribution >= 0.6 is 11.8 Å². The second-order valence-electron chi connectivity index (χ2n) is 4.45. The molecule has 1 aromatic rings. The minimum absolute atomic E-state index is 0.157. The van der Waals surface area contributed by atoms with Crippen LogP contribution in [-0.4, -0.2) is 34.5 Å². The summed E-state index contributed by atoms with van der Waals surface area (Å²) in [4.78, 5) is 22.2. The van der Waals surface area contributed by atoms with Gasteiger partial charge in [-0.25, -0.2) is 0 Å². The van der Waals surface area contributed by atoms with Crippen molar-refractivity contribution in [1.82, 2.24) is 0 Å². The van der Waals surface area contributed by atoms with Gasteiger partial charge in [-0.15, -0.1) is 11.8 Å². The van der Waals surface area contributed by atoms with E-state index >= 15 is 0 Å². The second kappa shape index (κ2) is 8.60. The van der Waals surface area contributed by atoms with Gasteiger partial charge in [0.1, 0.15) is 6.04 Å². The van der Waals surface area contributed by atoms with Crippen LogP contribution in [0, 0.1) is 0 Å². The lowest BCUT2D eigenvalue weighted by Crippen LogP contribution is -2.33. The summed E-state index contributed by atoms with van der Waals surface area (Å²) in [6, 6.07) is 6.80. The number of hydrogen-bond donors (Lipinski definition) is 3. The van der Waals surface area contributed by atoms with Gasteiger partial charge in [-0.3, -0.25) is 9.59 Å². The molecule has 0 bridgehead atoms. The van der Waals surface area contributed by atoms with E-state index in [0.29, 0.717) is 0 Å². The molecule has 0 unspecified atom stereocenters. The molecular weight excluding hydrogens is 276 g/mol. The van der Waals surface area contributed by atoms with Crippen molar-refractivity contribution in [3.05, 3.63) is 29.8 Å². The van der Waals surface area contributed by atoms with Gasteiger partial charge in [0.2, 0.25) is 5.91 Å². The van der Waals surface area contributed by atoms with Crippen LogP contribution in [0.5, 0.6) is 0 Å². The highest BCUT2D eigenvalue weighted by molar-refractivity contribution is 8.00. The largest absolute Gasteiger partial charge is 0.480 e. The quantitative estimate of drug-likeness (QED) is 0.679. The molecule has 0 aliphatic carbocycles. The minimum atomic E-state index is -1.05. The maximum Gasteiger partial charge on any atom is 0.321 e. The summed E-state index contributed by atoms with van der Waals surface area (Å²) in [5.41, 5.74) is 7.34. The zero-order valence-corrected chi connectivity index (χ0v) is 12.3. The molecule has 0 spiro atoms. The third-order valence-corrected chi connectivity index (χ3v) is 3.69. The van der Waals surface area contributed by atoms with Crippen molar-refractivity contribution in [2.75, 3.05) is 16.8 Å². The maximum atomic E-state index is 11.7. The third kappa shape index (κ3) is 6.08. The molecule has 0 saturated carbocycles. The molecule has 0 fully saturated rings. The predicted molar refractivity (Wildman–Crippen MR) is 82.0 cm³/mol. The molecule has 1 aromatic carbocycles. The fraction of sp³-hybridized carbons (Fsp3) is 0.429. The van der Waals surface area contributed by atoms with Gasteiger partial charge in [-0.05, 0) is 24.1 Å². The van der Waals surface area contributed by atoms with Gasteiger partial charge >= 0.3 is 5.97 Å². The number of carboxylic acid groups (broad SMARTS) is 1. The van der Waals surface area contributed by atoms with Crippen molar-refractivity contribution in [3.8, 4) is 0 Å². The lowest BCUT2D eigenvalue weighted by molar-refractivity contribution is -0.137. The monoisotopic (exact) mass is 296 g/mol. The average molecular weight is 296 g/mol. The first kappa shape index (κ1) is 16.5. The Morgan fingerprint density at radius 1 is 1.35 bits per heavy atom. The van der Waals surface area contributed by atoms with E-state index in [1.165, 1.54) is 17.3 Å². The Labute approximate surface area is 122 Å². The highest BCUT2D eigenvalue weighted by atomic mass is 32.2. The molecule has 4 N–H and O–H groups in total. The lowest BCUT2D eigenvalue weighted by atomic mass is 10.1. The maximum absolute atomic E-state index is 11.7. The molecule has 1 atom stereocenters. The average Bonchev–Trinajstić information content (AvgIpc) is 2.41. The minimum Gasteiger partial charge on any atom is -0.480 e. The van der Waals surface area contributed by atoms with E-state index in [-0.39, 0.29) is 17.4 Å². The number of nitrogens with two attached hydrogens (primary N) is 1. The predicted octanol–water partition coefficient (Wildman–Crippen LogP) is 1.72. The van der Waals surface area contributed by atoms with Crippen molar-refractivity contribution in [3.63, 3.8) is 0 Å². The number of rotatable bonds is 8. The topological polar surface area (TPSA) is 92.4 Å². The van der Waals surface area contributed by atoms with Gasteiger partial charge in [-0.1, -0.05) is 25.5 Å². The molecule has 0 aliphatic heterocycles. The van der Waals surface area contributed by atoms with Gasteiger partial charge in [0, 0.05) is 11.4 Å². The number of benzene rings is 1. The van der Waals surface area contributed by atoms with Crippen molar-refractivity contribution < 1.29 is 14.7 Å². The van der Waals surface area contributed by atoms with Crippen LogP contribution in [-0.2, 0) is 16.0 Å². The highest BCUT2D eigenvalue weighted by Gasteiger charge is 2.12. The van der Waals surface area contributed by atoms with Crippen molar-refractivity contribution in [2.45, 2.75) is 25.8 Å². The summed E-state index contributed by atoms with van der Waals surface area (Å²) < 4.78 is 0. The Morgan fingerprint density at radius 3 is 2.55 bits per heavy atom. The first-order valence-corrected chi connectivity index (χ1v) is 7.63.